The molecule has 0 atom stereocenters. The van der Waals surface area contributed by atoms with Gasteiger partial charge in [-0.2, -0.15) is 0 Å². The molecule has 0 aliphatic carbocycles. The smallest absolute Gasteiger partial charge is 0.139 e. The number of halogens is 1. The molecule has 0 amide bonds. The number of rotatable bonds is 3. The number of hydrogen-bond acceptors (Lipinski definition) is 3. The molecule has 0 spiro atoms. The van der Waals surface area contributed by atoms with Gasteiger partial charge in [-0.05, 0) is 11.6 Å². The highest BCUT2D eigenvalue weighted by Gasteiger charge is 2.07. The number of thioether (sulfide) groups is 1. The molecule has 2 aromatic carbocycles. The summed E-state index contributed by atoms with van der Waals surface area (Å²) in [4.78, 5) is 4.80. The van der Waals surface area contributed by atoms with Crippen molar-refractivity contribution >= 4 is 33.3 Å². The van der Waals surface area contributed by atoms with E-state index in [-0.39, 0.29) is 5.82 Å². The standard InChI is InChI=1S/C14H10FNS2/c15-11-6-12-14(18-9-16-12)7-13(11)17-8-10-4-2-1-3-5-10/h1-7,9H,8H2. The van der Waals surface area contributed by atoms with Crippen LogP contribution in [0.3, 0.4) is 0 Å². The first-order valence-electron chi connectivity index (χ1n) is 5.52. The van der Waals surface area contributed by atoms with Crippen LogP contribution in [0.1, 0.15) is 5.56 Å². The lowest BCUT2D eigenvalue weighted by Crippen LogP contribution is -1.84. The van der Waals surface area contributed by atoms with Gasteiger partial charge < -0.3 is 0 Å². The largest absolute Gasteiger partial charge is 0.245 e. The van der Waals surface area contributed by atoms with Crippen LogP contribution in [-0.4, -0.2) is 4.98 Å². The number of hydrogen-bond donors (Lipinski definition) is 0. The van der Waals surface area contributed by atoms with E-state index in [4.69, 9.17) is 0 Å². The Morgan fingerprint density at radius 1 is 1.17 bits per heavy atom. The first-order chi connectivity index (χ1) is 8.83. The fourth-order valence-electron chi connectivity index (χ4n) is 1.71. The van der Waals surface area contributed by atoms with Crippen LogP contribution in [0.25, 0.3) is 10.2 Å². The molecule has 0 radical (unpaired) electrons. The first kappa shape index (κ1) is 11.7. The molecule has 0 aliphatic heterocycles. The molecule has 3 aromatic rings. The van der Waals surface area contributed by atoms with Crippen molar-refractivity contribution in [1.29, 1.82) is 0 Å². The summed E-state index contributed by atoms with van der Waals surface area (Å²) in [6, 6.07) is 13.5. The summed E-state index contributed by atoms with van der Waals surface area (Å²) < 4.78 is 14.9. The molecule has 90 valence electrons. The van der Waals surface area contributed by atoms with Gasteiger partial charge >= 0.3 is 0 Å². The van der Waals surface area contributed by atoms with Crippen LogP contribution in [0.2, 0.25) is 0 Å². The normalized spacial score (nSPS) is 10.9. The van der Waals surface area contributed by atoms with E-state index in [2.05, 4.69) is 17.1 Å². The van der Waals surface area contributed by atoms with Gasteiger partial charge in [-0.1, -0.05) is 30.3 Å². The maximum absolute atomic E-state index is 13.8. The Labute approximate surface area is 113 Å². The average Bonchev–Trinajstić information content (AvgIpc) is 2.84. The van der Waals surface area contributed by atoms with Crippen LogP contribution in [0.15, 0.2) is 52.9 Å². The van der Waals surface area contributed by atoms with Gasteiger partial charge in [0.25, 0.3) is 0 Å². The number of thiazole rings is 1. The van der Waals surface area contributed by atoms with E-state index in [1.165, 1.54) is 23.4 Å². The van der Waals surface area contributed by atoms with E-state index >= 15 is 0 Å². The fraction of sp³-hybridized carbons (Fsp3) is 0.0714. The third-order valence-electron chi connectivity index (χ3n) is 2.62. The quantitative estimate of drug-likeness (QED) is 0.641. The Hall–Kier alpha value is -1.39. The van der Waals surface area contributed by atoms with Crippen molar-refractivity contribution in [3.63, 3.8) is 0 Å². The van der Waals surface area contributed by atoms with E-state index in [1.54, 1.807) is 16.8 Å². The third-order valence-corrected chi connectivity index (χ3v) is 4.52. The predicted octanol–water partition coefficient (Wildman–Crippen LogP) is 4.73. The Bertz CT molecular complexity index is 664. The van der Waals surface area contributed by atoms with Crippen molar-refractivity contribution in [2.75, 3.05) is 0 Å². The van der Waals surface area contributed by atoms with Gasteiger partial charge in [0.15, 0.2) is 0 Å². The van der Waals surface area contributed by atoms with Crippen molar-refractivity contribution in [1.82, 2.24) is 4.98 Å². The van der Waals surface area contributed by atoms with Crippen molar-refractivity contribution in [3.05, 3.63) is 59.4 Å². The topological polar surface area (TPSA) is 12.9 Å². The molecule has 0 fully saturated rings. The lowest BCUT2D eigenvalue weighted by Gasteiger charge is -2.03. The van der Waals surface area contributed by atoms with Crippen molar-refractivity contribution in [3.8, 4) is 0 Å². The number of aromatic nitrogens is 1. The molecule has 1 aromatic heterocycles. The maximum Gasteiger partial charge on any atom is 0.139 e. The third kappa shape index (κ3) is 2.40. The van der Waals surface area contributed by atoms with Gasteiger partial charge in [-0.3, -0.25) is 0 Å². The van der Waals surface area contributed by atoms with Crippen molar-refractivity contribution in [2.24, 2.45) is 0 Å². The van der Waals surface area contributed by atoms with Crippen LogP contribution >= 0.6 is 23.1 Å². The molecule has 0 saturated heterocycles. The summed E-state index contributed by atoms with van der Waals surface area (Å²) in [6.07, 6.45) is 0. The fourth-order valence-corrected chi connectivity index (χ4v) is 3.39. The number of benzene rings is 2. The van der Waals surface area contributed by atoms with E-state index in [0.29, 0.717) is 4.90 Å². The number of fused-ring (bicyclic) bond motifs is 1. The van der Waals surface area contributed by atoms with E-state index in [1.807, 2.05) is 24.3 Å². The summed E-state index contributed by atoms with van der Waals surface area (Å²) in [6.45, 7) is 0. The molecule has 1 heterocycles. The Morgan fingerprint density at radius 2 is 2.00 bits per heavy atom. The molecule has 0 unspecified atom stereocenters. The van der Waals surface area contributed by atoms with Crippen LogP contribution in [-0.2, 0) is 5.75 Å². The minimum atomic E-state index is -0.186. The highest BCUT2D eigenvalue weighted by atomic mass is 32.2. The van der Waals surface area contributed by atoms with Gasteiger partial charge in [-0.25, -0.2) is 9.37 Å². The second-order valence-electron chi connectivity index (χ2n) is 3.88. The van der Waals surface area contributed by atoms with Crippen LogP contribution in [0, 0.1) is 5.82 Å². The Kier molecular flexibility index (Phi) is 3.30. The average molecular weight is 275 g/mol. The summed E-state index contributed by atoms with van der Waals surface area (Å²) in [5.74, 6) is 0.594. The molecule has 4 heteroatoms. The lowest BCUT2D eigenvalue weighted by molar-refractivity contribution is 0.604. The molecular formula is C14H10FNS2. The molecule has 0 aliphatic rings. The summed E-state index contributed by atoms with van der Waals surface area (Å²) in [5.41, 5.74) is 3.68. The molecule has 0 N–H and O–H groups in total. The van der Waals surface area contributed by atoms with Gasteiger partial charge in [0.1, 0.15) is 5.82 Å². The summed E-state index contributed by atoms with van der Waals surface area (Å²) >= 11 is 3.06. The van der Waals surface area contributed by atoms with Gasteiger partial charge in [-0.15, -0.1) is 23.1 Å². The maximum atomic E-state index is 13.8. The highest BCUT2D eigenvalue weighted by Crippen LogP contribution is 2.30. The molecule has 0 saturated carbocycles. The number of nitrogens with zero attached hydrogens (tertiary/aromatic N) is 1. The summed E-state index contributed by atoms with van der Waals surface area (Å²) in [5, 5.41) is 0. The highest BCUT2D eigenvalue weighted by molar-refractivity contribution is 7.98. The molecule has 1 nitrogen and oxygen atoms in total. The van der Waals surface area contributed by atoms with Gasteiger partial charge in [0.2, 0.25) is 0 Å². The van der Waals surface area contributed by atoms with E-state index in [9.17, 15) is 4.39 Å². The Balaban J connectivity index is 1.84. The second kappa shape index (κ2) is 5.08. The molecular weight excluding hydrogens is 265 g/mol. The molecule has 0 bridgehead atoms. The van der Waals surface area contributed by atoms with Gasteiger partial charge in [0.05, 0.1) is 15.7 Å². The molecule has 18 heavy (non-hydrogen) atoms. The Morgan fingerprint density at radius 3 is 2.83 bits per heavy atom. The minimum Gasteiger partial charge on any atom is -0.245 e. The van der Waals surface area contributed by atoms with Crippen LogP contribution in [0.4, 0.5) is 4.39 Å². The van der Waals surface area contributed by atoms with Crippen molar-refractivity contribution < 1.29 is 4.39 Å². The van der Waals surface area contributed by atoms with Crippen LogP contribution < -0.4 is 0 Å². The minimum absolute atomic E-state index is 0.186. The van der Waals surface area contributed by atoms with Crippen LogP contribution in [0.5, 0.6) is 0 Å². The zero-order valence-corrected chi connectivity index (χ0v) is 11.1. The SMILES string of the molecule is Fc1cc2ncsc2cc1SCc1ccccc1. The first-order valence-corrected chi connectivity index (χ1v) is 7.39. The summed E-state index contributed by atoms with van der Waals surface area (Å²) in [7, 11) is 0. The lowest BCUT2D eigenvalue weighted by atomic mass is 10.2. The second-order valence-corrected chi connectivity index (χ2v) is 5.78. The van der Waals surface area contributed by atoms with E-state index in [0.717, 1.165) is 16.0 Å². The van der Waals surface area contributed by atoms with Gasteiger partial charge in [0, 0.05) is 16.7 Å². The predicted molar refractivity (Wildman–Crippen MR) is 75.6 cm³/mol. The van der Waals surface area contributed by atoms with E-state index < -0.39 is 0 Å². The zero-order valence-electron chi connectivity index (χ0n) is 9.47. The monoisotopic (exact) mass is 275 g/mol. The van der Waals surface area contributed by atoms with Crippen molar-refractivity contribution in [2.45, 2.75) is 10.6 Å². The zero-order chi connectivity index (χ0) is 12.4. The molecule has 3 rings (SSSR count).